The van der Waals surface area contributed by atoms with Crippen LogP contribution in [0.4, 0.5) is 0 Å². The van der Waals surface area contributed by atoms with Crippen molar-refractivity contribution in [1.29, 1.82) is 0 Å². The molecule has 0 amide bonds. The van der Waals surface area contributed by atoms with Gasteiger partial charge in [-0.2, -0.15) is 0 Å². The van der Waals surface area contributed by atoms with E-state index in [1.165, 1.54) is 99.2 Å². The van der Waals surface area contributed by atoms with Crippen molar-refractivity contribution in [3.8, 4) is 67.5 Å². The largest absolute Gasteiger partial charge is 0.309 e. The number of benzene rings is 10. The summed E-state index contributed by atoms with van der Waals surface area (Å²) in [5.41, 5.74) is 21.2. The number of rotatable bonds is 4. The van der Waals surface area contributed by atoms with Crippen LogP contribution in [0.25, 0.3) is 133 Å². The first kappa shape index (κ1) is 37.1. The Bertz CT molecular complexity index is 3980. The smallest absolute Gasteiger partial charge is 0.0626 e. The van der Waals surface area contributed by atoms with Crippen molar-refractivity contribution in [1.82, 2.24) is 18.3 Å². The lowest BCUT2D eigenvalue weighted by Crippen LogP contribution is -2.04. The highest BCUT2D eigenvalue weighted by Crippen LogP contribution is 2.55. The van der Waals surface area contributed by atoms with Gasteiger partial charge in [-0.05, 0) is 83.9 Å². The van der Waals surface area contributed by atoms with Crippen molar-refractivity contribution in [3.05, 3.63) is 243 Å². The Morgan fingerprint density at radius 2 is 0.500 bits per heavy atom. The molecule has 0 saturated heterocycles. The third-order valence-electron chi connectivity index (χ3n) is 14.5. The first-order valence-electron chi connectivity index (χ1n) is 23.4. The average molecular weight is 865 g/mol. The maximum atomic E-state index is 2.53. The quantitative estimate of drug-likeness (QED) is 0.168. The SMILES string of the molecule is c1ccc(-n2c3c(c4ccc(-n5c6ccccc6c6ccccc65)cc42)-c2ccccc2-c2c(n(-c4ccccc4)c4cc(-n5c6ccccc6c6ccccc65)ccc24)-c2ccccc2-3)cc1. The van der Waals surface area contributed by atoms with E-state index in [2.05, 4.69) is 261 Å². The number of hydrogen-bond acceptors (Lipinski definition) is 0. The number of fused-ring (bicyclic) bond motifs is 18. The summed E-state index contributed by atoms with van der Waals surface area (Å²) in [7, 11) is 0. The second kappa shape index (κ2) is 14.2. The van der Waals surface area contributed by atoms with Crippen LogP contribution in [-0.4, -0.2) is 18.3 Å². The van der Waals surface area contributed by atoms with Gasteiger partial charge in [-0.25, -0.2) is 0 Å². The van der Waals surface area contributed by atoms with E-state index in [1.54, 1.807) is 0 Å². The summed E-state index contributed by atoms with van der Waals surface area (Å²) < 4.78 is 9.92. The highest BCUT2D eigenvalue weighted by atomic mass is 15.0. The first-order valence-corrected chi connectivity index (χ1v) is 23.4. The second-order valence-electron chi connectivity index (χ2n) is 18.0. The zero-order valence-electron chi connectivity index (χ0n) is 36.9. The first-order chi connectivity index (χ1) is 33.8. The molecule has 14 aromatic rings. The maximum Gasteiger partial charge on any atom is 0.0626 e. The van der Waals surface area contributed by atoms with Gasteiger partial charge in [0.2, 0.25) is 0 Å². The monoisotopic (exact) mass is 864 g/mol. The summed E-state index contributed by atoms with van der Waals surface area (Å²) in [5.74, 6) is 0. The molecule has 1 aliphatic carbocycles. The molecule has 1 aliphatic rings. The molecule has 0 N–H and O–H groups in total. The number of hydrogen-bond donors (Lipinski definition) is 0. The van der Waals surface area contributed by atoms with Gasteiger partial charge in [0.1, 0.15) is 0 Å². The van der Waals surface area contributed by atoms with Crippen molar-refractivity contribution in [2.45, 2.75) is 0 Å². The topological polar surface area (TPSA) is 19.7 Å². The summed E-state index contributed by atoms with van der Waals surface area (Å²) in [4.78, 5) is 0. The van der Waals surface area contributed by atoms with E-state index in [9.17, 15) is 0 Å². The third-order valence-corrected chi connectivity index (χ3v) is 14.5. The fraction of sp³-hybridized carbons (Fsp3) is 0. The van der Waals surface area contributed by atoms with Crippen LogP contribution in [0.15, 0.2) is 243 Å². The maximum absolute atomic E-state index is 2.53. The Morgan fingerprint density at radius 3 is 0.868 bits per heavy atom. The van der Waals surface area contributed by atoms with Crippen molar-refractivity contribution in [2.75, 3.05) is 0 Å². The van der Waals surface area contributed by atoms with E-state index >= 15 is 0 Å². The lowest BCUT2D eigenvalue weighted by atomic mass is 9.84. The van der Waals surface area contributed by atoms with Crippen LogP contribution in [-0.2, 0) is 0 Å². The van der Waals surface area contributed by atoms with Gasteiger partial charge in [-0.3, -0.25) is 0 Å². The molecule has 0 bridgehead atoms. The van der Waals surface area contributed by atoms with Crippen molar-refractivity contribution >= 4 is 65.4 Å². The van der Waals surface area contributed by atoms with E-state index in [0.29, 0.717) is 0 Å². The van der Waals surface area contributed by atoms with Crippen molar-refractivity contribution < 1.29 is 0 Å². The van der Waals surface area contributed by atoms with Crippen LogP contribution in [0.1, 0.15) is 0 Å². The lowest BCUT2D eigenvalue weighted by molar-refractivity contribution is 1.11. The molecular formula is C64H40N4. The molecule has 10 aromatic carbocycles. The van der Waals surface area contributed by atoms with Gasteiger partial charge < -0.3 is 18.3 Å². The van der Waals surface area contributed by atoms with Crippen molar-refractivity contribution in [2.24, 2.45) is 0 Å². The summed E-state index contributed by atoms with van der Waals surface area (Å²) in [5, 5.41) is 7.43. The van der Waals surface area contributed by atoms with E-state index < -0.39 is 0 Å². The number of nitrogens with zero attached hydrogens (tertiary/aromatic N) is 4. The molecule has 68 heavy (non-hydrogen) atoms. The van der Waals surface area contributed by atoms with Crippen molar-refractivity contribution in [3.63, 3.8) is 0 Å². The molecule has 0 radical (unpaired) electrons. The van der Waals surface area contributed by atoms with Gasteiger partial charge in [0, 0.05) is 77.3 Å². The molecule has 4 heterocycles. The summed E-state index contributed by atoms with van der Waals surface area (Å²) in [6, 6.07) is 89.5. The zero-order chi connectivity index (χ0) is 44.5. The molecular weight excluding hydrogens is 825 g/mol. The van der Waals surface area contributed by atoms with Gasteiger partial charge >= 0.3 is 0 Å². The fourth-order valence-corrected chi connectivity index (χ4v) is 11.8. The standard InChI is InChI=1S/C64H40N4/c1-3-19-41(20-4-1)67-59-39-43(65-55-31-15-11-23-45(55)46-24-12-16-32-56(46)65)35-37-53(59)61-49-27-7-8-28-50(49)62-54-38-36-44(66-57-33-17-13-25-47(57)48-26-14-18-34-58(48)66)40-60(54)68(42-21-5-2-6-22-42)64(62)52-30-10-9-29-51(52)63(61)67/h1-40H. The third kappa shape index (κ3) is 5.09. The van der Waals surface area contributed by atoms with Crippen LogP contribution in [0.3, 0.4) is 0 Å². The summed E-state index contributed by atoms with van der Waals surface area (Å²) in [6.07, 6.45) is 0. The van der Waals surface area contributed by atoms with E-state index in [0.717, 1.165) is 33.8 Å². The normalized spacial score (nSPS) is 12.1. The number of para-hydroxylation sites is 6. The minimum atomic E-state index is 1.12. The Hall–Kier alpha value is -9.12. The minimum Gasteiger partial charge on any atom is -0.309 e. The predicted octanol–water partition coefficient (Wildman–Crippen LogP) is 16.7. The molecule has 15 rings (SSSR count). The van der Waals surface area contributed by atoms with E-state index in [-0.39, 0.29) is 0 Å². The summed E-state index contributed by atoms with van der Waals surface area (Å²) >= 11 is 0. The Morgan fingerprint density at radius 1 is 0.191 bits per heavy atom. The van der Waals surface area contributed by atoms with Crippen LogP contribution < -0.4 is 0 Å². The zero-order valence-corrected chi connectivity index (χ0v) is 36.9. The fourth-order valence-electron chi connectivity index (χ4n) is 11.8. The highest BCUT2D eigenvalue weighted by Gasteiger charge is 2.33. The molecule has 316 valence electrons. The molecule has 0 saturated carbocycles. The molecule has 0 spiro atoms. The molecule has 0 atom stereocenters. The van der Waals surface area contributed by atoms with Gasteiger partial charge in [-0.1, -0.05) is 170 Å². The van der Waals surface area contributed by atoms with Crippen LogP contribution in [0.5, 0.6) is 0 Å². The molecule has 0 aliphatic heterocycles. The Labute approximate surface area is 392 Å². The van der Waals surface area contributed by atoms with Gasteiger partial charge in [0.25, 0.3) is 0 Å². The van der Waals surface area contributed by atoms with Crippen LogP contribution >= 0.6 is 0 Å². The van der Waals surface area contributed by atoms with E-state index in [1.807, 2.05) is 0 Å². The summed E-state index contributed by atoms with van der Waals surface area (Å²) in [6.45, 7) is 0. The Balaban J connectivity index is 1.08. The highest BCUT2D eigenvalue weighted by molar-refractivity contribution is 6.18. The molecule has 0 unspecified atom stereocenters. The molecule has 4 nitrogen and oxygen atoms in total. The lowest BCUT2D eigenvalue weighted by Gasteiger charge is -2.23. The molecule has 4 heteroatoms. The van der Waals surface area contributed by atoms with E-state index in [4.69, 9.17) is 0 Å². The average Bonchev–Trinajstić information content (AvgIpc) is 4.13. The molecule has 0 fully saturated rings. The number of aromatic nitrogens is 4. The van der Waals surface area contributed by atoms with Gasteiger partial charge in [-0.15, -0.1) is 0 Å². The molecule has 4 aromatic heterocycles. The second-order valence-corrected chi connectivity index (χ2v) is 18.0. The Kier molecular flexibility index (Phi) is 7.75. The van der Waals surface area contributed by atoms with Gasteiger partial charge in [0.15, 0.2) is 0 Å². The van der Waals surface area contributed by atoms with Crippen LogP contribution in [0.2, 0.25) is 0 Å². The van der Waals surface area contributed by atoms with Gasteiger partial charge in [0.05, 0.1) is 44.5 Å². The minimum absolute atomic E-state index is 1.12. The van der Waals surface area contributed by atoms with Crippen LogP contribution in [0, 0.1) is 0 Å². The predicted molar refractivity (Wildman–Crippen MR) is 284 cm³/mol.